The number of rotatable bonds is 5. The molecule has 1 aromatic heterocycles. The Morgan fingerprint density at radius 3 is 2.88 bits per heavy atom. The average molecular weight is 296 g/mol. The second kappa shape index (κ2) is 5.65. The molecule has 0 saturated heterocycles. The molecule has 3 nitrogen and oxygen atoms in total. The number of alkyl halides is 1. The highest BCUT2D eigenvalue weighted by atomic mass is 79.9. The first kappa shape index (κ1) is 12.6. The van der Waals surface area contributed by atoms with Crippen molar-refractivity contribution in [3.05, 3.63) is 30.0 Å². The number of hydrogen-bond donors (Lipinski definition) is 1. The second-order valence-corrected chi connectivity index (χ2v) is 4.86. The predicted octanol–water partition coefficient (Wildman–Crippen LogP) is 2.93. The molecule has 1 heterocycles. The topological polar surface area (TPSA) is 29.9 Å². The van der Waals surface area contributed by atoms with E-state index in [4.69, 9.17) is 0 Å². The molecule has 0 saturated carbocycles. The van der Waals surface area contributed by atoms with Gasteiger partial charge >= 0.3 is 0 Å². The lowest BCUT2D eigenvalue weighted by molar-refractivity contribution is 0.578. The molecule has 0 bridgehead atoms. The summed E-state index contributed by atoms with van der Waals surface area (Å²) in [4.78, 5) is 0. The van der Waals surface area contributed by atoms with Gasteiger partial charge in [0.05, 0.1) is 11.2 Å². The van der Waals surface area contributed by atoms with Gasteiger partial charge in [-0.1, -0.05) is 34.1 Å². The Kier molecular flexibility index (Phi) is 4.18. The van der Waals surface area contributed by atoms with Gasteiger partial charge < -0.3 is 5.32 Å². The van der Waals surface area contributed by atoms with E-state index in [1.807, 2.05) is 0 Å². The van der Waals surface area contributed by atoms with Crippen LogP contribution < -0.4 is 5.32 Å². The van der Waals surface area contributed by atoms with Gasteiger partial charge in [-0.3, -0.25) is 4.68 Å². The van der Waals surface area contributed by atoms with Gasteiger partial charge in [-0.2, -0.15) is 5.10 Å². The van der Waals surface area contributed by atoms with Gasteiger partial charge in [0.25, 0.3) is 0 Å². The van der Waals surface area contributed by atoms with Crippen molar-refractivity contribution in [2.75, 3.05) is 5.33 Å². The first-order valence-electron chi connectivity index (χ1n) is 6.00. The lowest BCUT2D eigenvalue weighted by atomic mass is 10.2. The van der Waals surface area contributed by atoms with Crippen molar-refractivity contribution in [1.82, 2.24) is 15.1 Å². The maximum Gasteiger partial charge on any atom is 0.0841 e. The lowest BCUT2D eigenvalue weighted by Crippen LogP contribution is -2.26. The van der Waals surface area contributed by atoms with Crippen molar-refractivity contribution in [1.29, 1.82) is 0 Å². The number of aromatic nitrogens is 2. The molecule has 0 amide bonds. The van der Waals surface area contributed by atoms with Crippen LogP contribution in [0.4, 0.5) is 0 Å². The number of nitrogens with one attached hydrogen (secondary N) is 1. The number of fused-ring (bicyclic) bond motifs is 1. The molecule has 2 rings (SSSR count). The molecule has 0 spiro atoms. The van der Waals surface area contributed by atoms with E-state index in [1.165, 1.54) is 10.9 Å². The second-order valence-electron chi connectivity index (χ2n) is 4.22. The zero-order chi connectivity index (χ0) is 12.3. The fourth-order valence-electron chi connectivity index (χ4n) is 1.89. The fourth-order valence-corrected chi connectivity index (χ4v) is 2.12. The van der Waals surface area contributed by atoms with Gasteiger partial charge in [-0.25, -0.2) is 0 Å². The Morgan fingerprint density at radius 1 is 1.41 bits per heavy atom. The molecular weight excluding hydrogens is 278 g/mol. The molecule has 1 unspecified atom stereocenters. The Balaban J connectivity index is 2.28. The van der Waals surface area contributed by atoms with Crippen molar-refractivity contribution < 1.29 is 0 Å². The van der Waals surface area contributed by atoms with E-state index in [0.717, 1.165) is 24.1 Å². The van der Waals surface area contributed by atoms with Crippen LogP contribution in [0.3, 0.4) is 0 Å². The quantitative estimate of drug-likeness (QED) is 0.860. The van der Waals surface area contributed by atoms with Gasteiger partial charge in [-0.05, 0) is 19.9 Å². The molecule has 92 valence electrons. The smallest absolute Gasteiger partial charge is 0.0841 e. The molecule has 2 aromatic rings. The van der Waals surface area contributed by atoms with Crippen LogP contribution in [0, 0.1) is 0 Å². The largest absolute Gasteiger partial charge is 0.308 e. The van der Waals surface area contributed by atoms with E-state index >= 15 is 0 Å². The number of benzene rings is 1. The van der Waals surface area contributed by atoms with Crippen LogP contribution in [-0.4, -0.2) is 21.2 Å². The Hall–Kier alpha value is -0.870. The van der Waals surface area contributed by atoms with E-state index in [9.17, 15) is 0 Å². The molecule has 0 fully saturated rings. The van der Waals surface area contributed by atoms with Gasteiger partial charge in [0.1, 0.15) is 0 Å². The highest BCUT2D eigenvalue weighted by Crippen LogP contribution is 2.18. The van der Waals surface area contributed by atoms with E-state index in [1.54, 1.807) is 0 Å². The van der Waals surface area contributed by atoms with Crippen molar-refractivity contribution in [3.63, 3.8) is 0 Å². The number of para-hydroxylation sites is 1. The fraction of sp³-hybridized carbons (Fsp3) is 0.462. The summed E-state index contributed by atoms with van der Waals surface area (Å²) in [6.07, 6.45) is 0. The Morgan fingerprint density at radius 2 is 2.18 bits per heavy atom. The highest BCUT2D eigenvalue weighted by molar-refractivity contribution is 9.09. The molecule has 4 heteroatoms. The predicted molar refractivity (Wildman–Crippen MR) is 75.5 cm³/mol. The van der Waals surface area contributed by atoms with Crippen LogP contribution in [0.1, 0.15) is 19.5 Å². The Bertz CT molecular complexity index is 492. The van der Waals surface area contributed by atoms with Crippen LogP contribution in [0.15, 0.2) is 24.3 Å². The number of aryl methyl sites for hydroxylation is 1. The summed E-state index contributed by atoms with van der Waals surface area (Å²) in [6.45, 7) is 6.01. The Labute approximate surface area is 110 Å². The maximum absolute atomic E-state index is 4.65. The SMILES string of the molecule is CCn1nc(CNC(C)CBr)c2ccccc21. The molecule has 0 aliphatic heterocycles. The number of nitrogens with zero attached hydrogens (tertiary/aromatic N) is 2. The summed E-state index contributed by atoms with van der Waals surface area (Å²) >= 11 is 3.47. The normalized spacial score (nSPS) is 13.1. The summed E-state index contributed by atoms with van der Waals surface area (Å²) in [5.41, 5.74) is 2.36. The third-order valence-corrected chi connectivity index (χ3v) is 3.85. The van der Waals surface area contributed by atoms with Gasteiger partial charge in [-0.15, -0.1) is 0 Å². The van der Waals surface area contributed by atoms with E-state index in [2.05, 4.69) is 69.1 Å². The van der Waals surface area contributed by atoms with E-state index in [-0.39, 0.29) is 0 Å². The van der Waals surface area contributed by atoms with Crippen molar-refractivity contribution in [2.45, 2.75) is 33.0 Å². The van der Waals surface area contributed by atoms with Crippen LogP contribution in [0.2, 0.25) is 0 Å². The van der Waals surface area contributed by atoms with Crippen molar-refractivity contribution in [2.24, 2.45) is 0 Å². The molecule has 0 radical (unpaired) electrons. The van der Waals surface area contributed by atoms with Crippen molar-refractivity contribution >= 4 is 26.8 Å². The minimum Gasteiger partial charge on any atom is -0.308 e. The summed E-state index contributed by atoms with van der Waals surface area (Å²) < 4.78 is 2.06. The van der Waals surface area contributed by atoms with Crippen LogP contribution in [0.25, 0.3) is 10.9 Å². The molecule has 0 aliphatic carbocycles. The minimum atomic E-state index is 0.459. The first-order chi connectivity index (χ1) is 8.26. The average Bonchev–Trinajstić information content (AvgIpc) is 2.74. The highest BCUT2D eigenvalue weighted by Gasteiger charge is 2.09. The maximum atomic E-state index is 4.65. The minimum absolute atomic E-state index is 0.459. The van der Waals surface area contributed by atoms with Crippen LogP contribution >= 0.6 is 15.9 Å². The lowest BCUT2D eigenvalue weighted by Gasteiger charge is -2.08. The number of halogens is 1. The van der Waals surface area contributed by atoms with Crippen LogP contribution in [0.5, 0.6) is 0 Å². The van der Waals surface area contributed by atoms with E-state index < -0.39 is 0 Å². The number of hydrogen-bond acceptors (Lipinski definition) is 2. The van der Waals surface area contributed by atoms with Gasteiger partial charge in [0, 0.05) is 29.8 Å². The third-order valence-electron chi connectivity index (χ3n) is 2.88. The monoisotopic (exact) mass is 295 g/mol. The summed E-state index contributed by atoms with van der Waals surface area (Å²) in [5, 5.41) is 10.3. The first-order valence-corrected chi connectivity index (χ1v) is 7.12. The van der Waals surface area contributed by atoms with Gasteiger partial charge in [0.15, 0.2) is 0 Å². The molecule has 0 aliphatic rings. The summed E-state index contributed by atoms with van der Waals surface area (Å²) in [7, 11) is 0. The van der Waals surface area contributed by atoms with E-state index in [0.29, 0.717) is 6.04 Å². The zero-order valence-electron chi connectivity index (χ0n) is 10.3. The molecular formula is C13H18BrN3. The third kappa shape index (κ3) is 2.69. The standard InChI is InChI=1S/C13H18BrN3/c1-3-17-13-7-5-4-6-11(13)12(16-17)9-15-10(2)8-14/h4-7,10,15H,3,8-9H2,1-2H3. The molecule has 1 aromatic carbocycles. The van der Waals surface area contributed by atoms with Crippen LogP contribution in [-0.2, 0) is 13.1 Å². The van der Waals surface area contributed by atoms with Gasteiger partial charge in [0.2, 0.25) is 0 Å². The summed E-state index contributed by atoms with van der Waals surface area (Å²) in [6, 6.07) is 8.87. The zero-order valence-corrected chi connectivity index (χ0v) is 11.9. The molecule has 1 N–H and O–H groups in total. The van der Waals surface area contributed by atoms with Crippen molar-refractivity contribution in [3.8, 4) is 0 Å². The molecule has 17 heavy (non-hydrogen) atoms. The molecule has 1 atom stereocenters. The summed E-state index contributed by atoms with van der Waals surface area (Å²) in [5.74, 6) is 0.